The minimum Gasteiger partial charge on any atom is -0.411 e. The van der Waals surface area contributed by atoms with Crippen LogP contribution in [0.4, 0.5) is 0 Å². The van der Waals surface area contributed by atoms with Gasteiger partial charge in [0.15, 0.2) is 0 Å². The summed E-state index contributed by atoms with van der Waals surface area (Å²) in [6.45, 7) is 13.2. The van der Waals surface area contributed by atoms with Crippen LogP contribution in [0.3, 0.4) is 0 Å². The molecule has 0 aromatic carbocycles. The molecule has 16 heavy (non-hydrogen) atoms. The Balaban J connectivity index is 0. The molecular formula is C11H27NO3Si. The standard InChI is InChI=1S/C10H21NO3.CH6Si/c1-7(2)13-10(6,9(5)11-12)14-8(3)4;1-2/h7-8,12H,1-6H3;1-2H3. The van der Waals surface area contributed by atoms with Crippen molar-refractivity contribution in [1.82, 2.24) is 0 Å². The quantitative estimate of drug-likeness (QED) is 0.266. The molecule has 0 aromatic rings. The van der Waals surface area contributed by atoms with Crippen LogP contribution < -0.4 is 0 Å². The first-order valence-corrected chi connectivity index (χ1v) is 7.86. The molecule has 0 bridgehead atoms. The second-order valence-corrected chi connectivity index (χ2v) is 3.96. The van der Waals surface area contributed by atoms with Gasteiger partial charge in [-0.25, -0.2) is 0 Å². The molecule has 0 amide bonds. The van der Waals surface area contributed by atoms with Gasteiger partial charge in [0.1, 0.15) is 5.71 Å². The molecule has 0 unspecified atom stereocenters. The highest BCUT2D eigenvalue weighted by Gasteiger charge is 2.32. The van der Waals surface area contributed by atoms with E-state index in [1.54, 1.807) is 13.8 Å². The van der Waals surface area contributed by atoms with Gasteiger partial charge in [0, 0.05) is 0 Å². The predicted molar refractivity (Wildman–Crippen MR) is 71.5 cm³/mol. The Kier molecular flexibility index (Phi) is 9.81. The van der Waals surface area contributed by atoms with Crippen LogP contribution >= 0.6 is 0 Å². The van der Waals surface area contributed by atoms with Crippen molar-refractivity contribution in [3.8, 4) is 0 Å². The average Bonchev–Trinajstić information content (AvgIpc) is 2.17. The third-order valence-corrected chi connectivity index (χ3v) is 1.73. The van der Waals surface area contributed by atoms with Crippen LogP contribution in [0.2, 0.25) is 6.55 Å². The van der Waals surface area contributed by atoms with Crippen molar-refractivity contribution in [1.29, 1.82) is 0 Å². The molecule has 98 valence electrons. The third-order valence-electron chi connectivity index (χ3n) is 1.73. The van der Waals surface area contributed by atoms with Gasteiger partial charge in [-0.05, 0) is 51.8 Å². The van der Waals surface area contributed by atoms with Gasteiger partial charge < -0.3 is 14.7 Å². The highest BCUT2D eigenvalue weighted by molar-refractivity contribution is 6.05. The molecule has 0 heterocycles. The molecule has 0 rings (SSSR count). The number of hydrogen-bond acceptors (Lipinski definition) is 4. The maximum atomic E-state index is 8.72. The van der Waals surface area contributed by atoms with Gasteiger partial charge in [-0.15, -0.1) is 0 Å². The molecule has 0 radical (unpaired) electrons. The number of nitrogens with zero attached hydrogens (tertiary/aromatic N) is 1. The van der Waals surface area contributed by atoms with E-state index in [4.69, 9.17) is 14.7 Å². The Morgan fingerprint density at radius 2 is 1.44 bits per heavy atom. The summed E-state index contributed by atoms with van der Waals surface area (Å²) in [5.41, 5.74) is 0.417. The molecule has 5 heteroatoms. The molecule has 0 spiro atoms. The van der Waals surface area contributed by atoms with E-state index in [0.29, 0.717) is 5.71 Å². The third kappa shape index (κ3) is 6.98. The molecular weight excluding hydrogens is 222 g/mol. The summed E-state index contributed by atoms with van der Waals surface area (Å²) in [7, 11) is 1.31. The highest BCUT2D eigenvalue weighted by atomic mass is 28.1. The summed E-state index contributed by atoms with van der Waals surface area (Å²) >= 11 is 0. The van der Waals surface area contributed by atoms with Crippen LogP contribution in [-0.4, -0.2) is 39.2 Å². The molecule has 0 aliphatic carbocycles. The van der Waals surface area contributed by atoms with Crippen LogP contribution in [0, 0.1) is 0 Å². The summed E-state index contributed by atoms with van der Waals surface area (Å²) in [5, 5.41) is 11.9. The Labute approximate surface area is 102 Å². The van der Waals surface area contributed by atoms with E-state index in [-0.39, 0.29) is 12.2 Å². The van der Waals surface area contributed by atoms with Gasteiger partial charge in [-0.1, -0.05) is 11.7 Å². The summed E-state index contributed by atoms with van der Waals surface area (Å²) in [6, 6.07) is 0. The van der Waals surface area contributed by atoms with E-state index in [1.165, 1.54) is 10.2 Å². The minimum atomic E-state index is -0.947. The first kappa shape index (κ1) is 18.0. The second kappa shape index (κ2) is 8.72. The number of rotatable bonds is 5. The fourth-order valence-corrected chi connectivity index (χ4v) is 1.19. The van der Waals surface area contributed by atoms with Crippen LogP contribution in [-0.2, 0) is 9.47 Å². The normalized spacial score (nSPS) is 12.9. The lowest BCUT2D eigenvalue weighted by Gasteiger charge is -2.32. The zero-order valence-electron chi connectivity index (χ0n) is 11.9. The number of ether oxygens (including phenoxy) is 2. The highest BCUT2D eigenvalue weighted by Crippen LogP contribution is 2.19. The largest absolute Gasteiger partial charge is 0.411 e. The van der Waals surface area contributed by atoms with E-state index in [0.717, 1.165) is 0 Å². The minimum absolute atomic E-state index is 0.00968. The summed E-state index contributed by atoms with van der Waals surface area (Å²) in [5.74, 6) is -0.947. The molecule has 0 aliphatic rings. The van der Waals surface area contributed by atoms with Crippen molar-refractivity contribution in [2.75, 3.05) is 0 Å². The average molecular weight is 249 g/mol. The van der Waals surface area contributed by atoms with Crippen molar-refractivity contribution in [2.45, 2.75) is 66.1 Å². The first-order valence-electron chi connectivity index (χ1n) is 5.86. The summed E-state index contributed by atoms with van der Waals surface area (Å²) in [6.07, 6.45) is 0.0194. The zero-order valence-corrected chi connectivity index (χ0v) is 13.9. The van der Waals surface area contributed by atoms with Crippen molar-refractivity contribution >= 4 is 16.0 Å². The molecule has 0 aromatic heterocycles. The molecule has 4 nitrogen and oxygen atoms in total. The van der Waals surface area contributed by atoms with Crippen molar-refractivity contribution in [3.05, 3.63) is 0 Å². The Morgan fingerprint density at radius 1 is 1.12 bits per heavy atom. The van der Waals surface area contributed by atoms with E-state index < -0.39 is 5.79 Å². The monoisotopic (exact) mass is 249 g/mol. The van der Waals surface area contributed by atoms with Crippen LogP contribution in [0.25, 0.3) is 0 Å². The van der Waals surface area contributed by atoms with Gasteiger partial charge in [-0.3, -0.25) is 0 Å². The number of oxime groups is 1. The van der Waals surface area contributed by atoms with Gasteiger partial charge >= 0.3 is 0 Å². The maximum Gasteiger partial charge on any atom is 0.208 e. The first-order chi connectivity index (χ1) is 7.31. The van der Waals surface area contributed by atoms with Crippen molar-refractivity contribution < 1.29 is 14.7 Å². The van der Waals surface area contributed by atoms with Crippen LogP contribution in [0.1, 0.15) is 41.5 Å². The fraction of sp³-hybridized carbons (Fsp3) is 0.909. The van der Waals surface area contributed by atoms with Crippen molar-refractivity contribution in [3.63, 3.8) is 0 Å². The lowest BCUT2D eigenvalue weighted by Crippen LogP contribution is -2.43. The van der Waals surface area contributed by atoms with E-state index in [9.17, 15) is 0 Å². The zero-order chi connectivity index (χ0) is 13.4. The van der Waals surface area contributed by atoms with Crippen molar-refractivity contribution in [2.24, 2.45) is 5.16 Å². The van der Waals surface area contributed by atoms with Gasteiger partial charge in [-0.2, -0.15) is 0 Å². The lowest BCUT2D eigenvalue weighted by molar-refractivity contribution is -0.214. The van der Waals surface area contributed by atoms with Gasteiger partial charge in [0.25, 0.3) is 0 Å². The Hall–Kier alpha value is -0.393. The second-order valence-electron chi connectivity index (χ2n) is 3.96. The maximum absolute atomic E-state index is 8.72. The van der Waals surface area contributed by atoms with Gasteiger partial charge in [0.2, 0.25) is 5.79 Å². The smallest absolute Gasteiger partial charge is 0.208 e. The molecule has 0 saturated carbocycles. The molecule has 0 aliphatic heterocycles. The van der Waals surface area contributed by atoms with E-state index >= 15 is 0 Å². The molecule has 0 saturated heterocycles. The topological polar surface area (TPSA) is 51.1 Å². The van der Waals surface area contributed by atoms with E-state index in [1.807, 2.05) is 27.7 Å². The fourth-order valence-electron chi connectivity index (χ4n) is 1.19. The summed E-state index contributed by atoms with van der Waals surface area (Å²) in [4.78, 5) is 0. The summed E-state index contributed by atoms with van der Waals surface area (Å²) < 4.78 is 11.2. The lowest BCUT2D eigenvalue weighted by atomic mass is 10.2. The SMILES string of the molecule is CC(=NO)C(C)(OC(C)C)OC(C)C.C[SiH3]. The Morgan fingerprint density at radius 3 is 1.62 bits per heavy atom. The Bertz CT molecular complexity index is 195. The molecule has 0 fully saturated rings. The number of hydrogen-bond donors (Lipinski definition) is 1. The molecule has 0 atom stereocenters. The van der Waals surface area contributed by atoms with Crippen LogP contribution in [0.15, 0.2) is 5.16 Å². The van der Waals surface area contributed by atoms with Gasteiger partial charge in [0.05, 0.1) is 12.2 Å². The van der Waals surface area contributed by atoms with Crippen LogP contribution in [0.5, 0.6) is 0 Å². The predicted octanol–water partition coefficient (Wildman–Crippen LogP) is 1.80. The van der Waals surface area contributed by atoms with E-state index in [2.05, 4.69) is 11.7 Å². The molecule has 1 N–H and O–H groups in total.